The highest BCUT2D eigenvalue weighted by Crippen LogP contribution is 2.31. The van der Waals surface area contributed by atoms with Crippen molar-refractivity contribution in [2.45, 2.75) is 70.9 Å². The average molecular weight is 710 g/mol. The topological polar surface area (TPSA) is 257 Å². The second-order valence-electron chi connectivity index (χ2n) is 12.3. The summed E-state index contributed by atoms with van der Waals surface area (Å²) in [6.07, 6.45) is -7.21. The lowest BCUT2D eigenvalue weighted by Crippen LogP contribution is -2.61. The number of aliphatic carboxylic acids is 1. The summed E-state index contributed by atoms with van der Waals surface area (Å²) in [6, 6.07) is 4.25. The standard InChI is InChI=1S/C32H43N3O15/c1-32(2,3)31(45)48-17-18-4-5-20(49-30-27(42)25(40)26(41)28(50-30)29(43)44)19(16-18)34-22(37)8-10-33-21(36)9-12-46-14-15-47-13-11-35-23(38)6-7-24(35)39/h4-7,16,25-28,30,40-42H,8-15,17H2,1-3H3,(H,33,36)(H,34,37)(H,43,44)/t25?,26-,27?,28?,30?/m0/s1. The molecule has 18 nitrogen and oxygen atoms in total. The zero-order valence-electron chi connectivity index (χ0n) is 27.9. The van der Waals surface area contributed by atoms with Gasteiger partial charge in [-0.3, -0.25) is 28.9 Å². The molecular formula is C32H43N3O15. The first-order valence-corrected chi connectivity index (χ1v) is 15.7. The molecule has 0 aromatic heterocycles. The highest BCUT2D eigenvalue weighted by Gasteiger charge is 2.48. The summed E-state index contributed by atoms with van der Waals surface area (Å²) in [7, 11) is 0. The fourth-order valence-electron chi connectivity index (χ4n) is 4.42. The van der Waals surface area contributed by atoms with Crippen molar-refractivity contribution in [2.75, 3.05) is 44.8 Å². The molecule has 2 aliphatic heterocycles. The molecule has 3 rings (SSSR count). The molecule has 4 amide bonds. The van der Waals surface area contributed by atoms with Crippen LogP contribution in [0.4, 0.5) is 5.69 Å². The van der Waals surface area contributed by atoms with Gasteiger partial charge >= 0.3 is 11.9 Å². The highest BCUT2D eigenvalue weighted by molar-refractivity contribution is 6.12. The zero-order chi connectivity index (χ0) is 37.0. The van der Waals surface area contributed by atoms with E-state index in [0.717, 1.165) is 4.90 Å². The second-order valence-corrected chi connectivity index (χ2v) is 12.3. The quantitative estimate of drug-likeness (QED) is 0.0597. The largest absolute Gasteiger partial charge is 0.479 e. The zero-order valence-corrected chi connectivity index (χ0v) is 27.9. The van der Waals surface area contributed by atoms with Crippen molar-refractivity contribution >= 4 is 41.3 Å². The number of anilines is 1. The number of esters is 1. The summed E-state index contributed by atoms with van der Waals surface area (Å²) in [6.45, 7) is 5.51. The highest BCUT2D eigenvalue weighted by atomic mass is 16.7. The smallest absolute Gasteiger partial charge is 0.335 e. The molecule has 0 saturated carbocycles. The molecular weight excluding hydrogens is 666 g/mol. The Balaban J connectivity index is 1.48. The Morgan fingerprint density at radius 1 is 0.880 bits per heavy atom. The lowest BCUT2D eigenvalue weighted by molar-refractivity contribution is -0.271. The van der Waals surface area contributed by atoms with Gasteiger partial charge in [0.05, 0.1) is 44.1 Å². The molecule has 6 N–H and O–H groups in total. The molecule has 0 spiro atoms. The minimum atomic E-state index is -1.94. The van der Waals surface area contributed by atoms with Crippen molar-refractivity contribution in [3.8, 4) is 5.75 Å². The molecule has 50 heavy (non-hydrogen) atoms. The van der Waals surface area contributed by atoms with Crippen molar-refractivity contribution < 1.29 is 72.9 Å². The number of carbonyl (C=O) groups excluding carboxylic acids is 5. The SMILES string of the molecule is CC(C)(C)C(=O)OCc1ccc(OC2OC(C(=O)O)[C@@H](O)C(O)C2O)c(NC(=O)CCNC(=O)CCOCCOCCN2C(=O)C=CC2=O)c1. The van der Waals surface area contributed by atoms with Crippen LogP contribution in [0.3, 0.4) is 0 Å². The predicted octanol–water partition coefficient (Wildman–Crippen LogP) is -1.16. The van der Waals surface area contributed by atoms with Crippen LogP contribution in [0.25, 0.3) is 0 Å². The van der Waals surface area contributed by atoms with E-state index in [-0.39, 0.29) is 76.3 Å². The molecule has 1 saturated heterocycles. The van der Waals surface area contributed by atoms with E-state index in [4.69, 9.17) is 23.7 Å². The number of aliphatic hydroxyl groups is 3. The van der Waals surface area contributed by atoms with Gasteiger partial charge in [0.25, 0.3) is 11.8 Å². The number of hydrogen-bond donors (Lipinski definition) is 6. The van der Waals surface area contributed by atoms with Gasteiger partial charge in [0, 0.05) is 31.5 Å². The molecule has 0 aliphatic carbocycles. The number of hydrogen-bond acceptors (Lipinski definition) is 14. The van der Waals surface area contributed by atoms with Crippen LogP contribution in [-0.2, 0) is 54.3 Å². The average Bonchev–Trinajstić information content (AvgIpc) is 3.37. The van der Waals surface area contributed by atoms with Crippen LogP contribution < -0.4 is 15.4 Å². The molecule has 1 aromatic carbocycles. The van der Waals surface area contributed by atoms with E-state index in [0.29, 0.717) is 5.56 Å². The number of carboxylic acid groups (broad SMARTS) is 1. The molecule has 4 unspecified atom stereocenters. The van der Waals surface area contributed by atoms with Gasteiger partial charge in [-0.15, -0.1) is 0 Å². The third kappa shape index (κ3) is 11.9. The van der Waals surface area contributed by atoms with Gasteiger partial charge in [0.2, 0.25) is 18.1 Å². The van der Waals surface area contributed by atoms with Gasteiger partial charge in [0.1, 0.15) is 30.7 Å². The lowest BCUT2D eigenvalue weighted by Gasteiger charge is -2.38. The van der Waals surface area contributed by atoms with Gasteiger partial charge in [-0.2, -0.15) is 0 Å². The summed E-state index contributed by atoms with van der Waals surface area (Å²) >= 11 is 0. The Bertz CT molecular complexity index is 1410. The first kappa shape index (κ1) is 40.0. The van der Waals surface area contributed by atoms with Crippen LogP contribution in [0.5, 0.6) is 5.75 Å². The van der Waals surface area contributed by atoms with Gasteiger partial charge in [-0.05, 0) is 38.5 Å². The molecule has 2 heterocycles. The minimum Gasteiger partial charge on any atom is -0.479 e. The number of aliphatic hydroxyl groups excluding tert-OH is 3. The monoisotopic (exact) mass is 709 g/mol. The van der Waals surface area contributed by atoms with Crippen LogP contribution in [0.1, 0.15) is 39.2 Å². The van der Waals surface area contributed by atoms with Crippen LogP contribution in [-0.4, -0.2) is 131 Å². The van der Waals surface area contributed by atoms with Crippen molar-refractivity contribution in [1.82, 2.24) is 10.2 Å². The van der Waals surface area contributed by atoms with E-state index in [9.17, 15) is 49.2 Å². The first-order chi connectivity index (χ1) is 23.6. The minimum absolute atomic E-state index is 0.00100. The van der Waals surface area contributed by atoms with Crippen molar-refractivity contribution in [3.05, 3.63) is 35.9 Å². The molecule has 1 aromatic rings. The molecule has 18 heteroatoms. The van der Waals surface area contributed by atoms with Crippen LogP contribution in [0.2, 0.25) is 0 Å². The summed E-state index contributed by atoms with van der Waals surface area (Å²) in [4.78, 5) is 72.8. The Labute approximate surface area is 287 Å². The molecule has 2 aliphatic rings. The maximum atomic E-state index is 12.8. The van der Waals surface area contributed by atoms with Crippen molar-refractivity contribution in [3.63, 3.8) is 0 Å². The lowest BCUT2D eigenvalue weighted by atomic mass is 9.97. The number of ether oxygens (including phenoxy) is 5. The molecule has 5 atom stereocenters. The Kier molecular flexibility index (Phi) is 14.8. The van der Waals surface area contributed by atoms with Gasteiger partial charge in [-0.1, -0.05) is 6.07 Å². The normalized spacial score (nSPS) is 22.0. The predicted molar refractivity (Wildman–Crippen MR) is 169 cm³/mol. The molecule has 1 fully saturated rings. The number of nitrogens with one attached hydrogen (secondary N) is 2. The van der Waals surface area contributed by atoms with Crippen molar-refractivity contribution in [2.24, 2.45) is 5.41 Å². The molecule has 0 bridgehead atoms. The van der Waals surface area contributed by atoms with Crippen LogP contribution >= 0.6 is 0 Å². The number of carboxylic acids is 1. The second kappa shape index (κ2) is 18.5. The number of amides is 4. The summed E-state index contributed by atoms with van der Waals surface area (Å²) in [5.74, 6) is -3.95. The number of rotatable bonds is 18. The third-order valence-corrected chi connectivity index (χ3v) is 7.24. The molecule has 276 valence electrons. The van der Waals surface area contributed by atoms with Crippen molar-refractivity contribution in [1.29, 1.82) is 0 Å². The van der Waals surface area contributed by atoms with E-state index >= 15 is 0 Å². The maximum absolute atomic E-state index is 12.8. The number of imide groups is 1. The van der Waals surface area contributed by atoms with E-state index in [1.54, 1.807) is 20.8 Å². The maximum Gasteiger partial charge on any atom is 0.335 e. The van der Waals surface area contributed by atoms with E-state index in [1.165, 1.54) is 30.4 Å². The fourth-order valence-corrected chi connectivity index (χ4v) is 4.42. The first-order valence-electron chi connectivity index (χ1n) is 15.7. The van der Waals surface area contributed by atoms with E-state index in [1.807, 2.05) is 0 Å². The summed E-state index contributed by atoms with van der Waals surface area (Å²) < 4.78 is 26.8. The number of benzene rings is 1. The van der Waals surface area contributed by atoms with Gasteiger partial charge < -0.3 is 54.7 Å². The Hall–Kier alpha value is -4.46. The van der Waals surface area contributed by atoms with Crippen LogP contribution in [0.15, 0.2) is 30.4 Å². The van der Waals surface area contributed by atoms with E-state index in [2.05, 4.69) is 10.6 Å². The summed E-state index contributed by atoms with van der Waals surface area (Å²) in [5.41, 5.74) is -0.328. The van der Waals surface area contributed by atoms with Gasteiger partial charge in [0.15, 0.2) is 6.10 Å². The summed E-state index contributed by atoms with van der Waals surface area (Å²) in [5, 5.41) is 45.0. The third-order valence-electron chi connectivity index (χ3n) is 7.24. The Morgan fingerprint density at radius 2 is 1.54 bits per heavy atom. The number of carbonyl (C=O) groups is 6. The Morgan fingerprint density at radius 3 is 2.18 bits per heavy atom. The van der Waals surface area contributed by atoms with Gasteiger partial charge in [-0.25, -0.2) is 4.79 Å². The molecule has 0 radical (unpaired) electrons. The van der Waals surface area contributed by atoms with Crippen LogP contribution in [0, 0.1) is 5.41 Å². The van der Waals surface area contributed by atoms with E-state index < -0.39 is 65.8 Å². The fraction of sp³-hybridized carbons (Fsp3) is 0.562. The number of nitrogens with zero attached hydrogens (tertiary/aromatic N) is 1.